The zero-order valence-corrected chi connectivity index (χ0v) is 12.8. The van der Waals surface area contributed by atoms with Crippen LogP contribution in [-0.2, 0) is 0 Å². The van der Waals surface area contributed by atoms with E-state index in [1.807, 2.05) is 6.92 Å². The van der Waals surface area contributed by atoms with Gasteiger partial charge in [0.15, 0.2) is 0 Å². The summed E-state index contributed by atoms with van der Waals surface area (Å²) >= 11 is 0. The Balaban J connectivity index is 1.66. The number of nitro groups is 1. The fraction of sp³-hybridized carbons (Fsp3) is 0.467. The van der Waals surface area contributed by atoms with Crippen LogP contribution in [0.4, 0.5) is 11.5 Å². The van der Waals surface area contributed by atoms with Crippen LogP contribution in [0.25, 0.3) is 0 Å². The molecule has 0 saturated carbocycles. The van der Waals surface area contributed by atoms with E-state index in [1.165, 1.54) is 6.20 Å². The van der Waals surface area contributed by atoms with Gasteiger partial charge in [-0.05, 0) is 31.2 Å². The van der Waals surface area contributed by atoms with Crippen molar-refractivity contribution >= 4 is 11.5 Å². The third-order valence-electron chi connectivity index (χ3n) is 4.33. The second kappa shape index (κ2) is 6.33. The van der Waals surface area contributed by atoms with Crippen molar-refractivity contribution in [2.75, 3.05) is 18.0 Å². The second-order valence-corrected chi connectivity index (χ2v) is 5.83. The number of imidazole rings is 1. The topological polar surface area (TPSA) is 108 Å². The number of piperidine rings is 1. The number of anilines is 1. The number of hydrogen-bond donors (Lipinski definition) is 2. The maximum absolute atomic E-state index is 10.8. The number of nitrogens with zero attached hydrogens (tertiary/aromatic N) is 4. The zero-order valence-electron chi connectivity index (χ0n) is 12.8. The molecule has 0 aromatic carbocycles. The van der Waals surface area contributed by atoms with Crippen LogP contribution >= 0.6 is 0 Å². The highest BCUT2D eigenvalue weighted by Crippen LogP contribution is 2.32. The minimum Gasteiger partial charge on any atom is -0.385 e. The first-order chi connectivity index (χ1) is 11.1. The predicted octanol–water partition coefficient (Wildman–Crippen LogP) is 1.97. The Bertz CT molecular complexity index is 680. The number of aromatic amines is 1. The van der Waals surface area contributed by atoms with Crippen molar-refractivity contribution in [1.82, 2.24) is 15.0 Å². The Kier molecular flexibility index (Phi) is 4.24. The van der Waals surface area contributed by atoms with Gasteiger partial charge in [-0.1, -0.05) is 0 Å². The standard InChI is InChI=1S/C15H19N5O3/c1-10-8-12(20(22)23)9-18-15(10)19-6-2-11(3-7-19)13(21)14-16-4-5-17-14/h4-5,8-9,11,13,21H,2-3,6-7H2,1H3,(H,16,17). The lowest BCUT2D eigenvalue weighted by Crippen LogP contribution is -2.36. The SMILES string of the molecule is Cc1cc([N+](=O)[O-])cnc1N1CCC(C(O)c2ncc[nH]2)CC1. The molecule has 0 bridgehead atoms. The molecule has 3 heterocycles. The van der Waals surface area contributed by atoms with Gasteiger partial charge in [-0.15, -0.1) is 0 Å². The highest BCUT2D eigenvalue weighted by molar-refractivity contribution is 5.50. The van der Waals surface area contributed by atoms with E-state index in [1.54, 1.807) is 18.5 Å². The van der Waals surface area contributed by atoms with Crippen LogP contribution in [0.3, 0.4) is 0 Å². The summed E-state index contributed by atoms with van der Waals surface area (Å²) in [6.45, 7) is 3.35. The van der Waals surface area contributed by atoms with Crippen LogP contribution in [0.2, 0.25) is 0 Å². The quantitative estimate of drug-likeness (QED) is 0.659. The lowest BCUT2D eigenvalue weighted by molar-refractivity contribution is -0.385. The second-order valence-electron chi connectivity index (χ2n) is 5.83. The molecule has 1 atom stereocenters. The fourth-order valence-corrected chi connectivity index (χ4v) is 3.07. The zero-order chi connectivity index (χ0) is 16.4. The number of aliphatic hydroxyl groups is 1. The van der Waals surface area contributed by atoms with Crippen molar-refractivity contribution in [3.05, 3.63) is 46.2 Å². The number of H-pyrrole nitrogens is 1. The van der Waals surface area contributed by atoms with E-state index in [9.17, 15) is 15.2 Å². The van der Waals surface area contributed by atoms with E-state index in [0.717, 1.165) is 37.3 Å². The number of aryl methyl sites for hydroxylation is 1. The summed E-state index contributed by atoms with van der Waals surface area (Å²) in [7, 11) is 0. The molecule has 0 aliphatic carbocycles. The molecule has 1 saturated heterocycles. The number of aliphatic hydroxyl groups excluding tert-OH is 1. The van der Waals surface area contributed by atoms with Gasteiger partial charge in [-0.3, -0.25) is 10.1 Å². The van der Waals surface area contributed by atoms with Crippen molar-refractivity contribution in [1.29, 1.82) is 0 Å². The average molecular weight is 317 g/mol. The largest absolute Gasteiger partial charge is 0.385 e. The Morgan fingerprint density at radius 2 is 2.17 bits per heavy atom. The maximum atomic E-state index is 10.8. The van der Waals surface area contributed by atoms with Gasteiger partial charge in [-0.25, -0.2) is 9.97 Å². The normalized spacial score (nSPS) is 17.2. The minimum absolute atomic E-state index is 0.00868. The van der Waals surface area contributed by atoms with Crippen molar-refractivity contribution in [3.8, 4) is 0 Å². The molecule has 8 heteroatoms. The van der Waals surface area contributed by atoms with E-state index in [-0.39, 0.29) is 11.6 Å². The lowest BCUT2D eigenvalue weighted by Gasteiger charge is -2.35. The van der Waals surface area contributed by atoms with Crippen LogP contribution in [-0.4, -0.2) is 38.1 Å². The first-order valence-corrected chi connectivity index (χ1v) is 7.59. The van der Waals surface area contributed by atoms with E-state index < -0.39 is 11.0 Å². The van der Waals surface area contributed by atoms with Gasteiger partial charge < -0.3 is 15.0 Å². The van der Waals surface area contributed by atoms with E-state index in [4.69, 9.17) is 0 Å². The number of pyridine rings is 1. The molecule has 0 radical (unpaired) electrons. The summed E-state index contributed by atoms with van der Waals surface area (Å²) in [5, 5.41) is 21.1. The van der Waals surface area contributed by atoms with Crippen molar-refractivity contribution in [3.63, 3.8) is 0 Å². The van der Waals surface area contributed by atoms with Gasteiger partial charge in [0.2, 0.25) is 0 Å². The maximum Gasteiger partial charge on any atom is 0.287 e. The molecule has 1 aliphatic rings. The molecule has 0 amide bonds. The summed E-state index contributed by atoms with van der Waals surface area (Å²) in [5.74, 6) is 1.53. The molecule has 2 N–H and O–H groups in total. The summed E-state index contributed by atoms with van der Waals surface area (Å²) in [6, 6.07) is 1.55. The molecule has 122 valence electrons. The van der Waals surface area contributed by atoms with Gasteiger partial charge in [0, 0.05) is 31.5 Å². The molecular formula is C15H19N5O3. The van der Waals surface area contributed by atoms with Crippen molar-refractivity contribution < 1.29 is 10.0 Å². The highest BCUT2D eigenvalue weighted by atomic mass is 16.6. The Labute approximate surface area is 133 Å². The van der Waals surface area contributed by atoms with E-state index >= 15 is 0 Å². The third kappa shape index (κ3) is 3.16. The monoisotopic (exact) mass is 317 g/mol. The number of rotatable bonds is 4. The van der Waals surface area contributed by atoms with Crippen LogP contribution in [0.1, 0.15) is 30.3 Å². The van der Waals surface area contributed by atoms with Crippen molar-refractivity contribution in [2.24, 2.45) is 5.92 Å². The molecular weight excluding hydrogens is 298 g/mol. The molecule has 2 aromatic rings. The number of nitrogens with one attached hydrogen (secondary N) is 1. The fourth-order valence-electron chi connectivity index (χ4n) is 3.07. The number of hydrogen-bond acceptors (Lipinski definition) is 6. The molecule has 3 rings (SSSR count). The van der Waals surface area contributed by atoms with E-state index in [0.29, 0.717) is 5.82 Å². The van der Waals surface area contributed by atoms with Crippen LogP contribution in [0.5, 0.6) is 0 Å². The van der Waals surface area contributed by atoms with Crippen LogP contribution in [0, 0.1) is 23.0 Å². The Morgan fingerprint density at radius 3 is 2.74 bits per heavy atom. The van der Waals surface area contributed by atoms with Gasteiger partial charge >= 0.3 is 0 Å². The Hall–Kier alpha value is -2.48. The Morgan fingerprint density at radius 1 is 1.43 bits per heavy atom. The first kappa shape index (κ1) is 15.4. The van der Waals surface area contributed by atoms with Gasteiger partial charge in [-0.2, -0.15) is 0 Å². The smallest absolute Gasteiger partial charge is 0.287 e. The third-order valence-corrected chi connectivity index (χ3v) is 4.33. The lowest BCUT2D eigenvalue weighted by atomic mass is 9.90. The first-order valence-electron chi connectivity index (χ1n) is 7.59. The molecule has 1 fully saturated rings. The van der Waals surface area contributed by atoms with Crippen LogP contribution < -0.4 is 4.90 Å². The predicted molar refractivity (Wildman–Crippen MR) is 84.1 cm³/mol. The minimum atomic E-state index is -0.585. The summed E-state index contributed by atoms with van der Waals surface area (Å²) in [5.41, 5.74) is 0.804. The van der Waals surface area contributed by atoms with Gasteiger partial charge in [0.05, 0.1) is 4.92 Å². The summed E-state index contributed by atoms with van der Waals surface area (Å²) in [4.78, 5) is 23.8. The summed E-state index contributed by atoms with van der Waals surface area (Å²) in [6.07, 6.45) is 5.69. The van der Waals surface area contributed by atoms with Crippen molar-refractivity contribution in [2.45, 2.75) is 25.9 Å². The molecule has 1 aliphatic heterocycles. The van der Waals surface area contributed by atoms with E-state index in [2.05, 4.69) is 19.9 Å². The molecule has 0 spiro atoms. The molecule has 1 unspecified atom stereocenters. The van der Waals surface area contributed by atoms with Gasteiger partial charge in [0.25, 0.3) is 5.69 Å². The highest BCUT2D eigenvalue weighted by Gasteiger charge is 2.28. The number of aromatic nitrogens is 3. The average Bonchev–Trinajstić information content (AvgIpc) is 3.08. The molecule has 8 nitrogen and oxygen atoms in total. The summed E-state index contributed by atoms with van der Waals surface area (Å²) < 4.78 is 0. The van der Waals surface area contributed by atoms with Gasteiger partial charge in [0.1, 0.15) is 23.9 Å². The molecule has 2 aromatic heterocycles. The van der Waals surface area contributed by atoms with Crippen LogP contribution in [0.15, 0.2) is 24.7 Å². The molecule has 23 heavy (non-hydrogen) atoms.